The molecule has 0 atom stereocenters. The second kappa shape index (κ2) is 3.59. The lowest BCUT2D eigenvalue weighted by atomic mass is 10.2. The summed E-state index contributed by atoms with van der Waals surface area (Å²) in [4.78, 5) is 0.659. The molecule has 6 N–H and O–H groups in total. The zero-order valence-electron chi connectivity index (χ0n) is 5.74. The van der Waals surface area contributed by atoms with Crippen molar-refractivity contribution in [1.29, 1.82) is 0 Å². The Balaban J connectivity index is 0.000001000. The van der Waals surface area contributed by atoms with Crippen LogP contribution in [0.2, 0.25) is 0 Å². The molecule has 0 spiro atoms. The summed E-state index contributed by atoms with van der Waals surface area (Å²) in [7, 11) is 0. The first-order valence-corrected chi connectivity index (χ1v) is 3.19. The summed E-state index contributed by atoms with van der Waals surface area (Å²) in [6.45, 7) is 0. The summed E-state index contributed by atoms with van der Waals surface area (Å²) in [5, 5.41) is 0. The number of hydrogen-bond donors (Lipinski definition) is 4. The van der Waals surface area contributed by atoms with Crippen molar-refractivity contribution in [3.05, 3.63) is 12.1 Å². The molecule has 62 valence electrons. The van der Waals surface area contributed by atoms with Crippen molar-refractivity contribution in [2.45, 2.75) is 4.90 Å². The van der Waals surface area contributed by atoms with E-state index in [4.69, 9.17) is 17.2 Å². The van der Waals surface area contributed by atoms with Gasteiger partial charge in [0.05, 0.1) is 11.4 Å². The van der Waals surface area contributed by atoms with Crippen molar-refractivity contribution in [3.63, 3.8) is 0 Å². The quantitative estimate of drug-likeness (QED) is 0.367. The van der Waals surface area contributed by atoms with Gasteiger partial charge in [0.1, 0.15) is 0 Å². The highest BCUT2D eigenvalue weighted by Gasteiger charge is 1.98. The van der Waals surface area contributed by atoms with Crippen molar-refractivity contribution < 1.29 is 0 Å². The molecule has 0 unspecified atom stereocenters. The Morgan fingerprint density at radius 1 is 0.909 bits per heavy atom. The predicted molar refractivity (Wildman–Crippen MR) is 54.2 cm³/mol. The maximum absolute atomic E-state index is 5.48. The zero-order chi connectivity index (χ0) is 7.72. The van der Waals surface area contributed by atoms with Crippen LogP contribution in [0, 0.1) is 0 Å². The Hall–Kier alpha value is -0.740. The van der Waals surface area contributed by atoms with E-state index >= 15 is 0 Å². The van der Waals surface area contributed by atoms with Crippen LogP contribution in [0.25, 0.3) is 0 Å². The summed E-state index contributed by atoms with van der Waals surface area (Å²) < 4.78 is 0. The molecule has 0 heterocycles. The van der Waals surface area contributed by atoms with Crippen LogP contribution in [-0.4, -0.2) is 0 Å². The molecule has 0 saturated carbocycles. The number of thiol groups is 1. The topological polar surface area (TPSA) is 78.1 Å². The fourth-order valence-electron chi connectivity index (χ4n) is 0.639. The van der Waals surface area contributed by atoms with E-state index in [-0.39, 0.29) is 12.4 Å². The third-order valence-corrected chi connectivity index (χ3v) is 1.62. The largest absolute Gasteiger partial charge is 0.398 e. The van der Waals surface area contributed by atoms with E-state index < -0.39 is 0 Å². The van der Waals surface area contributed by atoms with Gasteiger partial charge in [-0.15, -0.1) is 25.0 Å². The molecule has 0 aliphatic rings. The van der Waals surface area contributed by atoms with Gasteiger partial charge in [-0.25, -0.2) is 0 Å². The van der Waals surface area contributed by atoms with Crippen molar-refractivity contribution in [1.82, 2.24) is 0 Å². The van der Waals surface area contributed by atoms with E-state index in [2.05, 4.69) is 12.6 Å². The minimum absolute atomic E-state index is 0. The fraction of sp³-hybridized carbons (Fsp3) is 0. The maximum atomic E-state index is 5.48. The molecule has 1 aromatic rings. The molecule has 1 rings (SSSR count). The monoisotopic (exact) mass is 191 g/mol. The summed E-state index contributed by atoms with van der Waals surface area (Å²) in [6.07, 6.45) is 0. The molecular weight excluding hydrogens is 182 g/mol. The Labute approximate surface area is 76.8 Å². The second-order valence-corrected chi connectivity index (χ2v) is 2.52. The molecule has 0 saturated heterocycles. The van der Waals surface area contributed by atoms with Crippen LogP contribution in [0.15, 0.2) is 17.0 Å². The standard InChI is InChI=1S/C6H9N3S.ClH/c7-3-1-5(9)6(10)2-4(3)8;/h1-2,10H,7-9H2;1H. The van der Waals surface area contributed by atoms with Gasteiger partial charge in [0.25, 0.3) is 0 Å². The molecular formula is C6H10ClN3S. The van der Waals surface area contributed by atoms with Crippen LogP contribution < -0.4 is 17.2 Å². The first kappa shape index (κ1) is 10.3. The van der Waals surface area contributed by atoms with Gasteiger partial charge in [-0.2, -0.15) is 0 Å². The summed E-state index contributed by atoms with van der Waals surface area (Å²) in [6, 6.07) is 3.23. The Morgan fingerprint density at radius 2 is 1.36 bits per heavy atom. The number of halogens is 1. The number of nitrogen functional groups attached to an aromatic ring is 3. The second-order valence-electron chi connectivity index (χ2n) is 2.04. The van der Waals surface area contributed by atoms with E-state index in [9.17, 15) is 0 Å². The fourth-order valence-corrected chi connectivity index (χ4v) is 0.842. The molecule has 0 aliphatic heterocycles. The van der Waals surface area contributed by atoms with Crippen molar-refractivity contribution in [2.24, 2.45) is 0 Å². The van der Waals surface area contributed by atoms with Gasteiger partial charge in [-0.05, 0) is 12.1 Å². The van der Waals surface area contributed by atoms with Gasteiger partial charge in [-0.3, -0.25) is 0 Å². The van der Waals surface area contributed by atoms with E-state index in [1.807, 2.05) is 0 Å². The van der Waals surface area contributed by atoms with E-state index in [1.165, 1.54) is 0 Å². The van der Waals surface area contributed by atoms with Crippen LogP contribution in [0.5, 0.6) is 0 Å². The van der Waals surface area contributed by atoms with Crippen LogP contribution in [0.4, 0.5) is 17.1 Å². The van der Waals surface area contributed by atoms with Crippen LogP contribution >= 0.6 is 25.0 Å². The molecule has 11 heavy (non-hydrogen) atoms. The van der Waals surface area contributed by atoms with E-state index in [0.717, 1.165) is 0 Å². The third kappa shape index (κ3) is 2.10. The molecule has 0 bridgehead atoms. The molecule has 3 nitrogen and oxygen atoms in total. The zero-order valence-corrected chi connectivity index (χ0v) is 7.45. The first-order valence-electron chi connectivity index (χ1n) is 2.74. The van der Waals surface area contributed by atoms with Gasteiger partial charge in [0.2, 0.25) is 0 Å². The lowest BCUT2D eigenvalue weighted by Crippen LogP contribution is -1.97. The van der Waals surface area contributed by atoms with Crippen molar-refractivity contribution in [3.8, 4) is 0 Å². The van der Waals surface area contributed by atoms with Gasteiger partial charge in [0.15, 0.2) is 0 Å². The van der Waals surface area contributed by atoms with Gasteiger partial charge in [-0.1, -0.05) is 0 Å². The summed E-state index contributed by atoms with van der Waals surface area (Å²) in [5.74, 6) is 0. The van der Waals surface area contributed by atoms with Gasteiger partial charge >= 0.3 is 0 Å². The normalized spacial score (nSPS) is 8.82. The SMILES string of the molecule is Cl.Nc1cc(N)c(S)cc1N. The molecule has 0 fully saturated rings. The smallest absolute Gasteiger partial charge is 0.0569 e. The average Bonchev–Trinajstić information content (AvgIpc) is 1.84. The Kier molecular flexibility index (Phi) is 3.35. The molecule has 1 aromatic carbocycles. The number of anilines is 3. The lowest BCUT2D eigenvalue weighted by molar-refractivity contribution is 1.47. The highest BCUT2D eigenvalue weighted by atomic mass is 35.5. The summed E-state index contributed by atoms with van der Waals surface area (Å²) >= 11 is 4.05. The van der Waals surface area contributed by atoms with Crippen LogP contribution in [-0.2, 0) is 0 Å². The molecule has 0 aromatic heterocycles. The van der Waals surface area contributed by atoms with Crippen molar-refractivity contribution >= 4 is 42.1 Å². The van der Waals surface area contributed by atoms with Gasteiger partial charge in [0, 0.05) is 10.6 Å². The Morgan fingerprint density at radius 3 is 1.82 bits per heavy atom. The maximum Gasteiger partial charge on any atom is 0.0569 e. The van der Waals surface area contributed by atoms with Crippen LogP contribution in [0.1, 0.15) is 0 Å². The van der Waals surface area contributed by atoms with Crippen LogP contribution in [0.3, 0.4) is 0 Å². The van der Waals surface area contributed by atoms with E-state index in [1.54, 1.807) is 12.1 Å². The molecule has 0 radical (unpaired) electrons. The van der Waals surface area contributed by atoms with Gasteiger partial charge < -0.3 is 17.2 Å². The number of benzene rings is 1. The first-order chi connectivity index (χ1) is 4.61. The van der Waals surface area contributed by atoms with E-state index in [0.29, 0.717) is 22.0 Å². The number of rotatable bonds is 0. The summed E-state index contributed by atoms with van der Waals surface area (Å²) in [5.41, 5.74) is 17.9. The minimum atomic E-state index is 0. The molecule has 0 aliphatic carbocycles. The number of hydrogen-bond acceptors (Lipinski definition) is 4. The highest BCUT2D eigenvalue weighted by molar-refractivity contribution is 7.80. The molecule has 5 heteroatoms. The van der Waals surface area contributed by atoms with Crippen molar-refractivity contribution in [2.75, 3.05) is 17.2 Å². The lowest BCUT2D eigenvalue weighted by Gasteiger charge is -2.03. The molecule has 0 amide bonds. The highest BCUT2D eigenvalue weighted by Crippen LogP contribution is 2.24. The minimum Gasteiger partial charge on any atom is -0.398 e. The third-order valence-electron chi connectivity index (χ3n) is 1.23. The predicted octanol–water partition coefficient (Wildman–Crippen LogP) is 1.14. The number of nitrogens with two attached hydrogens (primary N) is 3. The Bertz CT molecular complexity index is 214. The average molecular weight is 192 g/mol.